The van der Waals surface area contributed by atoms with Crippen molar-refractivity contribution in [2.75, 3.05) is 6.61 Å². The molecule has 1 aromatic carbocycles. The third-order valence-corrected chi connectivity index (χ3v) is 2.73. The van der Waals surface area contributed by atoms with E-state index in [4.69, 9.17) is 4.74 Å². The number of hydrogen-bond donors (Lipinski definition) is 0. The molecule has 0 heterocycles. The quantitative estimate of drug-likeness (QED) is 0.361. The van der Waals surface area contributed by atoms with E-state index < -0.39 is 10.8 Å². The Balaban J connectivity index is 2.64. The minimum absolute atomic E-state index is 0.276. The lowest BCUT2D eigenvalue weighted by molar-refractivity contribution is -0.141. The average Bonchev–Trinajstić information content (AvgIpc) is 2.35. The van der Waals surface area contributed by atoms with Crippen molar-refractivity contribution >= 4 is 27.7 Å². The van der Waals surface area contributed by atoms with E-state index >= 15 is 0 Å². The lowest BCUT2D eigenvalue weighted by Crippen LogP contribution is -2.26. The number of Topliss-reactive ketones (excluding diaryl/α,β-unsaturated/α-hetero) is 1. The number of carbonyl (C=O) groups is 2. The third kappa shape index (κ3) is 3.45. The summed E-state index contributed by atoms with van der Waals surface area (Å²) in [4.78, 5) is 22.3. The first-order chi connectivity index (χ1) is 7.66. The molecular weight excluding hydrogens is 272 g/mol. The molecule has 0 saturated heterocycles. The van der Waals surface area contributed by atoms with E-state index in [0.717, 1.165) is 6.42 Å². The molecule has 0 aliphatic heterocycles. The molecule has 0 aromatic heterocycles. The molecule has 0 aliphatic rings. The summed E-state index contributed by atoms with van der Waals surface area (Å²) in [6, 6.07) is 8.66. The van der Waals surface area contributed by atoms with Gasteiger partial charge in [0.15, 0.2) is 10.6 Å². The molecule has 1 atom stereocenters. The van der Waals surface area contributed by atoms with E-state index in [1.807, 2.05) is 13.0 Å². The Bertz CT molecular complexity index is 362. The van der Waals surface area contributed by atoms with Crippen molar-refractivity contribution in [2.24, 2.45) is 0 Å². The molecule has 16 heavy (non-hydrogen) atoms. The van der Waals surface area contributed by atoms with E-state index in [9.17, 15) is 9.59 Å². The van der Waals surface area contributed by atoms with E-state index in [2.05, 4.69) is 15.9 Å². The first-order valence-corrected chi connectivity index (χ1v) is 5.98. The predicted molar refractivity (Wildman–Crippen MR) is 64.7 cm³/mol. The number of rotatable bonds is 5. The number of ketones is 1. The zero-order valence-corrected chi connectivity index (χ0v) is 10.6. The minimum Gasteiger partial charge on any atom is -0.465 e. The second-order valence-corrected chi connectivity index (χ2v) is 4.18. The molecule has 1 aromatic rings. The van der Waals surface area contributed by atoms with Gasteiger partial charge >= 0.3 is 5.97 Å². The van der Waals surface area contributed by atoms with E-state index in [-0.39, 0.29) is 5.78 Å². The van der Waals surface area contributed by atoms with Gasteiger partial charge in [-0.3, -0.25) is 9.59 Å². The third-order valence-electron chi connectivity index (χ3n) is 1.94. The van der Waals surface area contributed by atoms with Gasteiger partial charge in [-0.15, -0.1) is 0 Å². The molecule has 0 amide bonds. The lowest BCUT2D eigenvalue weighted by atomic mass is 10.1. The van der Waals surface area contributed by atoms with Crippen LogP contribution in [0.3, 0.4) is 0 Å². The normalized spacial score (nSPS) is 11.9. The number of halogens is 1. The van der Waals surface area contributed by atoms with Gasteiger partial charge in [0.2, 0.25) is 0 Å². The Morgan fingerprint density at radius 3 is 2.50 bits per heavy atom. The molecule has 86 valence electrons. The molecule has 0 aliphatic carbocycles. The molecule has 4 heteroatoms. The van der Waals surface area contributed by atoms with Gasteiger partial charge < -0.3 is 4.74 Å². The predicted octanol–water partition coefficient (Wildman–Crippen LogP) is 2.59. The number of carbonyl (C=O) groups excluding carboxylic acids is 2. The van der Waals surface area contributed by atoms with Crippen molar-refractivity contribution < 1.29 is 14.3 Å². The maximum absolute atomic E-state index is 11.8. The SMILES string of the molecule is CCCOC(=O)C(Br)C(=O)c1ccccc1. The zero-order valence-electron chi connectivity index (χ0n) is 8.98. The second-order valence-electron chi connectivity index (χ2n) is 3.26. The number of alkyl halides is 1. The standard InChI is InChI=1S/C12H13BrO3/c1-2-8-16-12(15)10(13)11(14)9-6-4-3-5-7-9/h3-7,10H,2,8H2,1H3. The molecule has 1 unspecified atom stereocenters. The first-order valence-electron chi connectivity index (χ1n) is 5.06. The highest BCUT2D eigenvalue weighted by molar-refractivity contribution is 9.10. The van der Waals surface area contributed by atoms with Gasteiger partial charge in [0.1, 0.15) is 0 Å². The van der Waals surface area contributed by atoms with Crippen LogP contribution in [0, 0.1) is 0 Å². The number of ether oxygens (including phenoxy) is 1. The monoisotopic (exact) mass is 284 g/mol. The van der Waals surface area contributed by atoms with Gasteiger partial charge in [-0.1, -0.05) is 53.2 Å². The largest absolute Gasteiger partial charge is 0.465 e. The fourth-order valence-electron chi connectivity index (χ4n) is 1.13. The minimum atomic E-state index is -0.915. The van der Waals surface area contributed by atoms with Gasteiger partial charge in [-0.25, -0.2) is 0 Å². The Morgan fingerprint density at radius 1 is 1.31 bits per heavy atom. The summed E-state index contributed by atoms with van der Waals surface area (Å²) in [5, 5.41) is 0. The molecule has 0 spiro atoms. The molecule has 0 N–H and O–H groups in total. The average molecular weight is 285 g/mol. The maximum atomic E-state index is 11.8. The molecule has 0 radical (unpaired) electrons. The highest BCUT2D eigenvalue weighted by Gasteiger charge is 2.25. The topological polar surface area (TPSA) is 43.4 Å². The smallest absolute Gasteiger partial charge is 0.327 e. The van der Waals surface area contributed by atoms with Crippen LogP contribution in [-0.2, 0) is 9.53 Å². The highest BCUT2D eigenvalue weighted by atomic mass is 79.9. The Kier molecular flexibility index (Phi) is 5.19. The van der Waals surface area contributed by atoms with E-state index in [1.165, 1.54) is 0 Å². The second kappa shape index (κ2) is 6.43. The summed E-state index contributed by atoms with van der Waals surface area (Å²) < 4.78 is 4.89. The fourth-order valence-corrected chi connectivity index (χ4v) is 1.53. The van der Waals surface area contributed by atoms with Crippen molar-refractivity contribution in [1.82, 2.24) is 0 Å². The van der Waals surface area contributed by atoms with Crippen LogP contribution < -0.4 is 0 Å². The molecule has 3 nitrogen and oxygen atoms in total. The molecule has 0 saturated carbocycles. The van der Waals surface area contributed by atoms with Crippen molar-refractivity contribution in [1.29, 1.82) is 0 Å². The van der Waals surface area contributed by atoms with Crippen LogP contribution in [0.5, 0.6) is 0 Å². The summed E-state index contributed by atoms with van der Waals surface area (Å²) in [5.74, 6) is -0.808. The number of benzene rings is 1. The van der Waals surface area contributed by atoms with Crippen LogP contribution in [0.15, 0.2) is 30.3 Å². The van der Waals surface area contributed by atoms with Crippen molar-refractivity contribution in [2.45, 2.75) is 18.2 Å². The Labute approximate surface area is 103 Å². The molecule has 0 fully saturated rings. The van der Waals surface area contributed by atoms with Crippen LogP contribution in [0.2, 0.25) is 0 Å². The summed E-state index contributed by atoms with van der Waals surface area (Å²) in [5.41, 5.74) is 0.498. The van der Waals surface area contributed by atoms with Crippen molar-refractivity contribution in [3.05, 3.63) is 35.9 Å². The van der Waals surface area contributed by atoms with Crippen LogP contribution >= 0.6 is 15.9 Å². The van der Waals surface area contributed by atoms with Crippen molar-refractivity contribution in [3.63, 3.8) is 0 Å². The van der Waals surface area contributed by atoms with Crippen LogP contribution in [0.4, 0.5) is 0 Å². The fraction of sp³-hybridized carbons (Fsp3) is 0.333. The van der Waals surface area contributed by atoms with Gasteiger partial charge in [-0.2, -0.15) is 0 Å². The van der Waals surface area contributed by atoms with Crippen LogP contribution in [-0.4, -0.2) is 23.2 Å². The summed E-state index contributed by atoms with van der Waals surface area (Å²) in [6.45, 7) is 2.23. The lowest BCUT2D eigenvalue weighted by Gasteiger charge is -2.08. The zero-order chi connectivity index (χ0) is 12.0. The van der Waals surface area contributed by atoms with Gasteiger partial charge in [0.05, 0.1) is 6.61 Å². The van der Waals surface area contributed by atoms with Gasteiger partial charge in [0, 0.05) is 5.56 Å². The van der Waals surface area contributed by atoms with Crippen LogP contribution in [0.1, 0.15) is 23.7 Å². The maximum Gasteiger partial charge on any atom is 0.327 e. The Morgan fingerprint density at radius 2 is 1.94 bits per heavy atom. The summed E-state index contributed by atoms with van der Waals surface area (Å²) in [6.07, 6.45) is 0.741. The number of esters is 1. The number of hydrogen-bond acceptors (Lipinski definition) is 3. The summed E-state index contributed by atoms with van der Waals surface area (Å²) >= 11 is 3.05. The first kappa shape index (κ1) is 12.9. The van der Waals surface area contributed by atoms with E-state index in [0.29, 0.717) is 12.2 Å². The Hall–Kier alpha value is -1.16. The van der Waals surface area contributed by atoms with Crippen molar-refractivity contribution in [3.8, 4) is 0 Å². The van der Waals surface area contributed by atoms with Gasteiger partial charge in [0.25, 0.3) is 0 Å². The molecule has 1 rings (SSSR count). The molecule has 0 bridgehead atoms. The highest BCUT2D eigenvalue weighted by Crippen LogP contribution is 2.11. The molecular formula is C12H13BrO3. The summed E-state index contributed by atoms with van der Waals surface area (Å²) in [7, 11) is 0. The van der Waals surface area contributed by atoms with E-state index in [1.54, 1.807) is 24.3 Å². The van der Waals surface area contributed by atoms with Gasteiger partial charge in [-0.05, 0) is 6.42 Å². The van der Waals surface area contributed by atoms with Crippen LogP contribution in [0.25, 0.3) is 0 Å².